The summed E-state index contributed by atoms with van der Waals surface area (Å²) in [6, 6.07) is 6.28. The highest BCUT2D eigenvalue weighted by atomic mass is 16.2. The molecule has 3 nitrogen and oxygen atoms in total. The van der Waals surface area contributed by atoms with Gasteiger partial charge in [0.25, 0.3) is 0 Å². The summed E-state index contributed by atoms with van der Waals surface area (Å²) in [6.07, 6.45) is 3.41. The van der Waals surface area contributed by atoms with E-state index in [4.69, 9.17) is 0 Å². The quantitative estimate of drug-likeness (QED) is 0.884. The topological polar surface area (TPSA) is 46.2 Å². The van der Waals surface area contributed by atoms with Gasteiger partial charge in [0.1, 0.15) is 0 Å². The van der Waals surface area contributed by atoms with Crippen LogP contribution in [0.5, 0.6) is 0 Å². The monoisotopic (exact) mass is 243 g/mol. The normalized spacial score (nSPS) is 21.8. The van der Waals surface area contributed by atoms with Gasteiger partial charge in [-0.3, -0.25) is 9.59 Å². The fourth-order valence-corrected chi connectivity index (χ4v) is 2.54. The molecule has 18 heavy (non-hydrogen) atoms. The first kappa shape index (κ1) is 11.5. The van der Waals surface area contributed by atoms with E-state index in [1.807, 2.05) is 18.2 Å². The van der Waals surface area contributed by atoms with Gasteiger partial charge in [0.05, 0.1) is 5.92 Å². The molecule has 0 aromatic heterocycles. The SMILES string of the molecule is CCc1ccc2c(c1)C(=O)CC2C(=O)NC1CC1. The van der Waals surface area contributed by atoms with Crippen LogP contribution in [0.25, 0.3) is 0 Å². The third-order valence-electron chi connectivity index (χ3n) is 3.83. The summed E-state index contributed by atoms with van der Waals surface area (Å²) in [7, 11) is 0. The second-order valence-electron chi connectivity index (χ2n) is 5.24. The first-order chi connectivity index (χ1) is 8.69. The minimum atomic E-state index is -0.265. The van der Waals surface area contributed by atoms with Crippen LogP contribution in [0.3, 0.4) is 0 Å². The molecule has 0 heterocycles. The zero-order valence-corrected chi connectivity index (χ0v) is 10.5. The summed E-state index contributed by atoms with van der Waals surface area (Å²) in [5.41, 5.74) is 2.82. The molecule has 3 rings (SSSR count). The zero-order valence-electron chi connectivity index (χ0n) is 10.5. The molecule has 1 N–H and O–H groups in total. The van der Waals surface area contributed by atoms with Crippen LogP contribution in [0.4, 0.5) is 0 Å². The number of ketones is 1. The molecule has 1 atom stereocenters. The highest BCUT2D eigenvalue weighted by Gasteiger charge is 2.36. The highest BCUT2D eigenvalue weighted by molar-refractivity contribution is 6.06. The van der Waals surface area contributed by atoms with E-state index in [2.05, 4.69) is 12.2 Å². The van der Waals surface area contributed by atoms with Crippen LogP contribution in [0, 0.1) is 0 Å². The molecule has 1 amide bonds. The molecule has 1 unspecified atom stereocenters. The van der Waals surface area contributed by atoms with Gasteiger partial charge in [0.15, 0.2) is 5.78 Å². The molecule has 94 valence electrons. The number of benzene rings is 1. The molecule has 2 aliphatic rings. The van der Waals surface area contributed by atoms with E-state index in [1.165, 1.54) is 0 Å². The number of hydrogen-bond donors (Lipinski definition) is 1. The lowest BCUT2D eigenvalue weighted by Gasteiger charge is -2.11. The van der Waals surface area contributed by atoms with E-state index >= 15 is 0 Å². The average molecular weight is 243 g/mol. The Balaban J connectivity index is 1.88. The Kier molecular flexibility index (Phi) is 2.69. The van der Waals surface area contributed by atoms with Crippen molar-refractivity contribution in [3.05, 3.63) is 34.9 Å². The zero-order chi connectivity index (χ0) is 12.7. The number of fused-ring (bicyclic) bond motifs is 1. The Labute approximate surface area is 107 Å². The van der Waals surface area contributed by atoms with Gasteiger partial charge in [0, 0.05) is 18.0 Å². The van der Waals surface area contributed by atoms with E-state index in [0.717, 1.165) is 36.0 Å². The molecular weight excluding hydrogens is 226 g/mol. The summed E-state index contributed by atoms with van der Waals surface area (Å²) < 4.78 is 0. The molecule has 2 aliphatic carbocycles. The van der Waals surface area contributed by atoms with Crippen molar-refractivity contribution in [2.45, 2.75) is 44.6 Å². The van der Waals surface area contributed by atoms with Crippen molar-refractivity contribution in [1.82, 2.24) is 5.32 Å². The molecule has 1 aromatic carbocycles. The fourth-order valence-electron chi connectivity index (χ4n) is 2.54. The fraction of sp³-hybridized carbons (Fsp3) is 0.467. The van der Waals surface area contributed by atoms with E-state index in [0.29, 0.717) is 12.5 Å². The van der Waals surface area contributed by atoms with Gasteiger partial charge < -0.3 is 5.32 Å². The number of nitrogens with one attached hydrogen (secondary N) is 1. The molecule has 1 aromatic rings. The lowest BCUT2D eigenvalue weighted by molar-refractivity contribution is -0.122. The van der Waals surface area contributed by atoms with Crippen molar-refractivity contribution >= 4 is 11.7 Å². The van der Waals surface area contributed by atoms with E-state index < -0.39 is 0 Å². The Hall–Kier alpha value is -1.64. The third-order valence-corrected chi connectivity index (χ3v) is 3.83. The number of carbonyl (C=O) groups is 2. The van der Waals surface area contributed by atoms with Crippen molar-refractivity contribution in [2.24, 2.45) is 0 Å². The standard InChI is InChI=1S/C15H17NO2/c1-2-9-3-6-11-12(7-9)14(17)8-13(11)15(18)16-10-4-5-10/h3,6-7,10,13H,2,4-5,8H2,1H3,(H,16,18). The molecule has 0 aliphatic heterocycles. The Morgan fingerprint density at radius 3 is 2.83 bits per heavy atom. The molecule has 0 radical (unpaired) electrons. The largest absolute Gasteiger partial charge is 0.353 e. The summed E-state index contributed by atoms with van der Waals surface area (Å²) in [4.78, 5) is 24.1. The van der Waals surface area contributed by atoms with Crippen molar-refractivity contribution in [3.63, 3.8) is 0 Å². The smallest absolute Gasteiger partial charge is 0.228 e. The molecule has 0 spiro atoms. The van der Waals surface area contributed by atoms with Crippen molar-refractivity contribution in [2.75, 3.05) is 0 Å². The van der Waals surface area contributed by atoms with Crippen molar-refractivity contribution in [3.8, 4) is 0 Å². The molecule has 0 saturated heterocycles. The molecule has 3 heteroatoms. The number of carbonyl (C=O) groups excluding carboxylic acids is 2. The van der Waals surface area contributed by atoms with E-state index in [-0.39, 0.29) is 17.6 Å². The van der Waals surface area contributed by atoms with Gasteiger partial charge in [-0.15, -0.1) is 0 Å². The second kappa shape index (κ2) is 4.23. The minimum Gasteiger partial charge on any atom is -0.353 e. The van der Waals surface area contributed by atoms with Crippen LogP contribution in [0.2, 0.25) is 0 Å². The first-order valence-electron chi connectivity index (χ1n) is 6.65. The lowest BCUT2D eigenvalue weighted by Crippen LogP contribution is -2.30. The molecule has 0 bridgehead atoms. The van der Waals surface area contributed by atoms with Gasteiger partial charge in [-0.25, -0.2) is 0 Å². The maximum Gasteiger partial charge on any atom is 0.228 e. The maximum atomic E-state index is 12.1. The van der Waals surface area contributed by atoms with E-state index in [9.17, 15) is 9.59 Å². The Morgan fingerprint density at radius 1 is 1.39 bits per heavy atom. The molecular formula is C15H17NO2. The van der Waals surface area contributed by atoms with Crippen LogP contribution in [0.15, 0.2) is 18.2 Å². The number of Topliss-reactive ketones (excluding diaryl/α,β-unsaturated/α-hetero) is 1. The average Bonchev–Trinajstić information content (AvgIpc) is 3.12. The Morgan fingerprint density at radius 2 is 2.17 bits per heavy atom. The van der Waals surface area contributed by atoms with E-state index in [1.54, 1.807) is 0 Å². The third kappa shape index (κ3) is 1.94. The predicted molar refractivity (Wildman–Crippen MR) is 68.7 cm³/mol. The minimum absolute atomic E-state index is 0.0221. The number of aryl methyl sites for hydroxylation is 1. The number of rotatable bonds is 3. The second-order valence-corrected chi connectivity index (χ2v) is 5.24. The van der Waals surface area contributed by atoms with Crippen LogP contribution in [-0.2, 0) is 11.2 Å². The van der Waals surface area contributed by atoms with Crippen molar-refractivity contribution in [1.29, 1.82) is 0 Å². The summed E-state index contributed by atoms with van der Waals surface area (Å²) in [6.45, 7) is 2.07. The predicted octanol–water partition coefficient (Wildman–Crippen LogP) is 2.20. The number of hydrogen-bond acceptors (Lipinski definition) is 2. The summed E-state index contributed by atoms with van der Waals surface area (Å²) in [5.74, 6) is -0.135. The lowest BCUT2D eigenvalue weighted by atomic mass is 9.98. The van der Waals surface area contributed by atoms with Gasteiger partial charge in [-0.2, -0.15) is 0 Å². The Bertz CT molecular complexity index is 517. The van der Waals surface area contributed by atoms with Crippen molar-refractivity contribution < 1.29 is 9.59 Å². The summed E-state index contributed by atoms with van der Waals surface area (Å²) in [5, 5.41) is 2.99. The van der Waals surface area contributed by atoms with Crippen LogP contribution >= 0.6 is 0 Å². The van der Waals surface area contributed by atoms with Gasteiger partial charge in [-0.05, 0) is 36.5 Å². The number of amides is 1. The maximum absolute atomic E-state index is 12.1. The molecule has 1 fully saturated rings. The van der Waals surface area contributed by atoms with Crippen LogP contribution in [0.1, 0.15) is 53.6 Å². The van der Waals surface area contributed by atoms with Gasteiger partial charge in [-0.1, -0.05) is 19.1 Å². The van der Waals surface area contributed by atoms with Crippen LogP contribution < -0.4 is 5.32 Å². The van der Waals surface area contributed by atoms with Gasteiger partial charge in [0.2, 0.25) is 5.91 Å². The van der Waals surface area contributed by atoms with Crippen LogP contribution in [-0.4, -0.2) is 17.7 Å². The molecule has 1 saturated carbocycles. The first-order valence-corrected chi connectivity index (χ1v) is 6.65. The summed E-state index contributed by atoms with van der Waals surface area (Å²) >= 11 is 0. The van der Waals surface area contributed by atoms with Gasteiger partial charge >= 0.3 is 0 Å². The highest BCUT2D eigenvalue weighted by Crippen LogP contribution is 2.34.